The van der Waals surface area contributed by atoms with E-state index in [1.165, 1.54) is 18.5 Å². The predicted molar refractivity (Wildman–Crippen MR) is 70.8 cm³/mol. The summed E-state index contributed by atoms with van der Waals surface area (Å²) in [7, 11) is 0. The second-order valence-corrected chi connectivity index (χ2v) is 6.74. The topological polar surface area (TPSA) is 22.1 Å². The van der Waals surface area contributed by atoms with Crippen LogP contribution in [-0.4, -0.2) is 23.6 Å². The molecule has 4 heteroatoms. The molecular formula is C13H18ClNOS. The van der Waals surface area contributed by atoms with Crippen molar-refractivity contribution in [2.24, 2.45) is 11.3 Å². The minimum absolute atomic E-state index is 0.142. The van der Waals surface area contributed by atoms with Crippen LogP contribution in [0.15, 0.2) is 5.38 Å². The van der Waals surface area contributed by atoms with Crippen LogP contribution < -0.4 is 0 Å². The summed E-state index contributed by atoms with van der Waals surface area (Å²) < 4.78 is 5.95. The van der Waals surface area contributed by atoms with Gasteiger partial charge in [-0.25, -0.2) is 4.98 Å². The van der Waals surface area contributed by atoms with Crippen molar-refractivity contribution in [2.45, 2.75) is 38.7 Å². The summed E-state index contributed by atoms with van der Waals surface area (Å²) in [6, 6.07) is 0. The highest BCUT2D eigenvalue weighted by molar-refractivity contribution is 7.09. The molecule has 1 saturated carbocycles. The summed E-state index contributed by atoms with van der Waals surface area (Å²) >= 11 is 8.01. The molecule has 2 heterocycles. The Hall–Kier alpha value is -0.120. The van der Waals surface area contributed by atoms with E-state index in [-0.39, 0.29) is 5.41 Å². The second kappa shape index (κ2) is 4.52. The van der Waals surface area contributed by atoms with Crippen LogP contribution in [0.4, 0.5) is 0 Å². The van der Waals surface area contributed by atoms with Gasteiger partial charge in [0.25, 0.3) is 0 Å². The summed E-state index contributed by atoms with van der Waals surface area (Å²) in [4.78, 5) is 4.59. The molecule has 2 unspecified atom stereocenters. The van der Waals surface area contributed by atoms with E-state index in [9.17, 15) is 0 Å². The first-order valence-corrected chi connectivity index (χ1v) is 7.73. The van der Waals surface area contributed by atoms with Crippen LogP contribution in [0.5, 0.6) is 0 Å². The molecule has 1 aliphatic carbocycles. The van der Waals surface area contributed by atoms with Gasteiger partial charge in [0.1, 0.15) is 0 Å². The van der Waals surface area contributed by atoms with Crippen molar-refractivity contribution in [3.8, 4) is 0 Å². The molecule has 0 spiro atoms. The van der Waals surface area contributed by atoms with E-state index < -0.39 is 0 Å². The number of hydrogen-bond donors (Lipinski definition) is 0. The number of thiazole rings is 1. The first kappa shape index (κ1) is 11.9. The Morgan fingerprint density at radius 2 is 2.41 bits per heavy atom. The minimum atomic E-state index is 0.142. The lowest BCUT2D eigenvalue weighted by molar-refractivity contribution is 0.0399. The number of nitrogens with zero attached hydrogens (tertiary/aromatic N) is 1. The molecule has 0 radical (unpaired) electrons. The Morgan fingerprint density at radius 1 is 1.59 bits per heavy atom. The van der Waals surface area contributed by atoms with Gasteiger partial charge in [-0.05, 0) is 38.5 Å². The fourth-order valence-electron chi connectivity index (χ4n) is 2.97. The number of aromatic nitrogens is 1. The van der Waals surface area contributed by atoms with Crippen LogP contribution in [-0.2, 0) is 11.2 Å². The van der Waals surface area contributed by atoms with Crippen molar-refractivity contribution >= 4 is 22.9 Å². The molecule has 2 nitrogen and oxygen atoms in total. The van der Waals surface area contributed by atoms with Crippen LogP contribution in [0.2, 0.25) is 0 Å². The van der Waals surface area contributed by atoms with Gasteiger partial charge >= 0.3 is 0 Å². The zero-order valence-corrected chi connectivity index (χ0v) is 11.7. The minimum Gasteiger partial charge on any atom is -0.377 e. The average molecular weight is 272 g/mol. The molecule has 1 aromatic heterocycles. The second-order valence-electron chi connectivity index (χ2n) is 5.41. The molecule has 1 aromatic rings. The Bertz CT molecular complexity index is 404. The normalized spacial score (nSPS) is 33.2. The summed E-state index contributed by atoms with van der Waals surface area (Å²) in [6.07, 6.45) is 5.09. The van der Waals surface area contributed by atoms with Crippen LogP contribution >= 0.6 is 22.9 Å². The predicted octanol–water partition coefficient (Wildman–Crippen LogP) is 3.42. The standard InChI is InChI=1S/C13H18ClNOS/c1-9-15-11(7-17-9)6-13(8-14)4-5-16-12(13)10-2-3-10/h7,10,12H,2-6,8H2,1H3. The molecule has 2 fully saturated rings. The maximum atomic E-state index is 6.28. The van der Waals surface area contributed by atoms with Crippen LogP contribution in [0.3, 0.4) is 0 Å². The van der Waals surface area contributed by atoms with E-state index in [2.05, 4.69) is 17.3 Å². The van der Waals surface area contributed by atoms with E-state index in [0.29, 0.717) is 12.0 Å². The van der Waals surface area contributed by atoms with Crippen molar-refractivity contribution in [1.82, 2.24) is 4.98 Å². The number of aryl methyl sites for hydroxylation is 1. The number of hydrogen-bond acceptors (Lipinski definition) is 3. The van der Waals surface area contributed by atoms with E-state index in [1.807, 2.05) is 0 Å². The molecular weight excluding hydrogens is 254 g/mol. The van der Waals surface area contributed by atoms with Crippen molar-refractivity contribution < 1.29 is 4.74 Å². The fraction of sp³-hybridized carbons (Fsp3) is 0.769. The Kier molecular flexibility index (Phi) is 3.18. The lowest BCUT2D eigenvalue weighted by Crippen LogP contribution is -2.36. The molecule has 1 saturated heterocycles. The molecule has 0 N–H and O–H groups in total. The SMILES string of the molecule is Cc1nc(CC2(CCl)CCOC2C2CC2)cs1. The summed E-state index contributed by atoms with van der Waals surface area (Å²) in [5.74, 6) is 1.46. The van der Waals surface area contributed by atoms with E-state index >= 15 is 0 Å². The lowest BCUT2D eigenvalue weighted by atomic mass is 9.77. The van der Waals surface area contributed by atoms with Crippen molar-refractivity contribution in [3.05, 3.63) is 16.1 Å². The first-order valence-electron chi connectivity index (χ1n) is 6.32. The molecule has 2 atom stereocenters. The molecule has 0 amide bonds. The maximum Gasteiger partial charge on any atom is 0.0897 e. The van der Waals surface area contributed by atoms with Crippen molar-refractivity contribution in [1.29, 1.82) is 0 Å². The van der Waals surface area contributed by atoms with Gasteiger partial charge in [-0.15, -0.1) is 22.9 Å². The fourth-order valence-corrected chi connectivity index (χ4v) is 3.97. The number of halogens is 1. The summed E-state index contributed by atoms with van der Waals surface area (Å²) in [5.41, 5.74) is 1.34. The van der Waals surface area contributed by atoms with Crippen LogP contribution in [0.1, 0.15) is 30.0 Å². The Labute approximate surface area is 111 Å². The first-order chi connectivity index (χ1) is 8.23. The number of alkyl halides is 1. The van der Waals surface area contributed by atoms with Gasteiger partial charge in [-0.3, -0.25) is 0 Å². The van der Waals surface area contributed by atoms with Crippen LogP contribution in [0.25, 0.3) is 0 Å². The van der Waals surface area contributed by atoms with Gasteiger partial charge in [0.2, 0.25) is 0 Å². The lowest BCUT2D eigenvalue weighted by Gasteiger charge is -2.31. The molecule has 94 valence electrons. The maximum absolute atomic E-state index is 6.28. The van der Waals surface area contributed by atoms with Gasteiger partial charge in [-0.1, -0.05) is 0 Å². The van der Waals surface area contributed by atoms with E-state index in [4.69, 9.17) is 16.3 Å². The quantitative estimate of drug-likeness (QED) is 0.783. The highest BCUT2D eigenvalue weighted by atomic mass is 35.5. The molecule has 0 bridgehead atoms. The molecule has 0 aromatic carbocycles. The van der Waals surface area contributed by atoms with E-state index in [0.717, 1.165) is 30.4 Å². The van der Waals surface area contributed by atoms with Gasteiger partial charge in [-0.2, -0.15) is 0 Å². The monoisotopic (exact) mass is 271 g/mol. The third kappa shape index (κ3) is 2.25. The third-order valence-corrected chi connectivity index (χ3v) is 5.37. The smallest absolute Gasteiger partial charge is 0.0897 e. The van der Waals surface area contributed by atoms with Crippen LogP contribution in [0, 0.1) is 18.3 Å². The molecule has 1 aliphatic heterocycles. The van der Waals surface area contributed by atoms with Gasteiger partial charge < -0.3 is 4.74 Å². The van der Waals surface area contributed by atoms with Gasteiger partial charge in [0.15, 0.2) is 0 Å². The van der Waals surface area contributed by atoms with Crippen molar-refractivity contribution in [3.63, 3.8) is 0 Å². The highest BCUT2D eigenvalue weighted by Gasteiger charge is 2.50. The van der Waals surface area contributed by atoms with Gasteiger partial charge in [0, 0.05) is 23.3 Å². The third-order valence-electron chi connectivity index (χ3n) is 4.02. The average Bonchev–Trinajstić information content (AvgIpc) is 2.96. The van der Waals surface area contributed by atoms with Gasteiger partial charge in [0.05, 0.1) is 16.8 Å². The molecule has 17 heavy (non-hydrogen) atoms. The molecule has 3 rings (SSSR count). The molecule has 2 aliphatic rings. The Morgan fingerprint density at radius 3 is 3.00 bits per heavy atom. The zero-order valence-electron chi connectivity index (χ0n) is 10.1. The highest BCUT2D eigenvalue weighted by Crippen LogP contribution is 2.49. The summed E-state index contributed by atoms with van der Waals surface area (Å²) in [6.45, 7) is 2.93. The van der Waals surface area contributed by atoms with E-state index in [1.54, 1.807) is 11.3 Å². The largest absolute Gasteiger partial charge is 0.377 e. The number of rotatable bonds is 4. The Balaban J connectivity index is 1.80. The summed E-state index contributed by atoms with van der Waals surface area (Å²) in [5, 5.41) is 3.32. The number of ether oxygens (including phenoxy) is 1. The zero-order chi connectivity index (χ0) is 11.9. The van der Waals surface area contributed by atoms with Crippen molar-refractivity contribution in [2.75, 3.05) is 12.5 Å².